The van der Waals surface area contributed by atoms with Gasteiger partial charge in [0.1, 0.15) is 5.75 Å². The van der Waals surface area contributed by atoms with Crippen LogP contribution in [0.4, 0.5) is 0 Å². The summed E-state index contributed by atoms with van der Waals surface area (Å²) in [5.41, 5.74) is 2.41. The predicted octanol–water partition coefficient (Wildman–Crippen LogP) is 0.734. The minimum atomic E-state index is -0.202. The van der Waals surface area contributed by atoms with Crippen LogP contribution in [0.5, 0.6) is 5.75 Å². The normalized spacial score (nSPS) is 27.3. The zero-order chi connectivity index (χ0) is 13.3. The van der Waals surface area contributed by atoms with Crippen LogP contribution in [0.2, 0.25) is 0 Å². The summed E-state index contributed by atoms with van der Waals surface area (Å²) < 4.78 is 5.35. The molecule has 4 nitrogen and oxygen atoms in total. The molecule has 2 aliphatic rings. The summed E-state index contributed by atoms with van der Waals surface area (Å²) in [5, 5.41) is 13.5. The third kappa shape index (κ3) is 2.04. The van der Waals surface area contributed by atoms with Crippen LogP contribution >= 0.6 is 0 Å². The second kappa shape index (κ2) is 5.12. The Kier molecular flexibility index (Phi) is 3.48. The van der Waals surface area contributed by atoms with Gasteiger partial charge in [0.15, 0.2) is 0 Å². The van der Waals surface area contributed by atoms with Crippen LogP contribution < -0.4 is 10.1 Å². The molecule has 1 aliphatic heterocycles. The van der Waals surface area contributed by atoms with Crippen LogP contribution in [0, 0.1) is 0 Å². The molecule has 104 valence electrons. The number of aliphatic hydroxyl groups excluding tert-OH is 1. The summed E-state index contributed by atoms with van der Waals surface area (Å²) in [5.74, 6) is 0.883. The summed E-state index contributed by atoms with van der Waals surface area (Å²) >= 11 is 0. The minimum absolute atomic E-state index is 0.188. The molecule has 0 amide bonds. The molecule has 0 radical (unpaired) electrons. The maximum absolute atomic E-state index is 10.1. The van der Waals surface area contributed by atoms with Gasteiger partial charge < -0.3 is 15.2 Å². The topological polar surface area (TPSA) is 44.7 Å². The van der Waals surface area contributed by atoms with E-state index in [1.165, 1.54) is 11.1 Å². The Labute approximate surface area is 114 Å². The van der Waals surface area contributed by atoms with E-state index >= 15 is 0 Å². The smallest absolute Gasteiger partial charge is 0.119 e. The van der Waals surface area contributed by atoms with Crippen molar-refractivity contribution in [2.45, 2.75) is 18.4 Å². The maximum Gasteiger partial charge on any atom is 0.119 e. The quantitative estimate of drug-likeness (QED) is 0.843. The van der Waals surface area contributed by atoms with Gasteiger partial charge in [0.2, 0.25) is 0 Å². The van der Waals surface area contributed by atoms with Crippen molar-refractivity contribution in [2.75, 3.05) is 39.9 Å². The van der Waals surface area contributed by atoms with Crippen molar-refractivity contribution in [2.24, 2.45) is 0 Å². The van der Waals surface area contributed by atoms with E-state index in [-0.39, 0.29) is 12.1 Å². The highest BCUT2D eigenvalue weighted by Gasteiger charge is 2.43. The van der Waals surface area contributed by atoms with Crippen molar-refractivity contribution >= 4 is 0 Å². The van der Waals surface area contributed by atoms with E-state index in [0.29, 0.717) is 0 Å². The third-order valence-electron chi connectivity index (χ3n) is 4.61. The number of rotatable bonds is 3. The first-order chi connectivity index (χ1) is 9.30. The molecular formula is C15H22N2O2. The Morgan fingerprint density at radius 3 is 2.84 bits per heavy atom. The van der Waals surface area contributed by atoms with E-state index in [2.05, 4.69) is 22.3 Å². The van der Waals surface area contributed by atoms with E-state index in [1.54, 1.807) is 7.11 Å². The summed E-state index contributed by atoms with van der Waals surface area (Å²) in [7, 11) is 1.70. The highest BCUT2D eigenvalue weighted by atomic mass is 16.5. The van der Waals surface area contributed by atoms with Gasteiger partial charge in [-0.3, -0.25) is 4.90 Å². The Morgan fingerprint density at radius 2 is 2.16 bits per heavy atom. The molecule has 19 heavy (non-hydrogen) atoms. The monoisotopic (exact) mass is 262 g/mol. The van der Waals surface area contributed by atoms with E-state index in [9.17, 15) is 5.11 Å². The molecule has 0 aromatic heterocycles. The molecule has 3 rings (SSSR count). The summed E-state index contributed by atoms with van der Waals surface area (Å²) in [6.07, 6.45) is 2.05. The van der Waals surface area contributed by atoms with Crippen molar-refractivity contribution in [3.8, 4) is 5.75 Å². The molecule has 1 atom stereocenters. The molecule has 1 aromatic carbocycles. The number of aryl methyl sites for hydroxylation is 1. The second-order valence-electron chi connectivity index (χ2n) is 5.45. The number of methoxy groups -OCH3 is 1. The van der Waals surface area contributed by atoms with Crippen molar-refractivity contribution in [3.05, 3.63) is 29.3 Å². The summed E-state index contributed by atoms with van der Waals surface area (Å²) in [6.45, 7) is 4.18. The van der Waals surface area contributed by atoms with Crippen LogP contribution in [-0.4, -0.2) is 49.9 Å². The van der Waals surface area contributed by atoms with Gasteiger partial charge in [0, 0.05) is 26.2 Å². The van der Waals surface area contributed by atoms with Crippen LogP contribution in [0.25, 0.3) is 0 Å². The Morgan fingerprint density at radius 1 is 1.37 bits per heavy atom. The van der Waals surface area contributed by atoms with Gasteiger partial charge in [0.05, 0.1) is 19.3 Å². The Bertz CT molecular complexity index is 457. The first-order valence-corrected chi connectivity index (χ1v) is 7.04. The standard InChI is InChI=1S/C15H22N2O2/c1-19-13-3-2-12-4-5-15(11-18,14(12)10-13)17-8-6-16-7-9-17/h2-3,10,16,18H,4-9,11H2,1H3. The summed E-state index contributed by atoms with van der Waals surface area (Å²) in [4.78, 5) is 2.44. The third-order valence-corrected chi connectivity index (χ3v) is 4.61. The van der Waals surface area contributed by atoms with Gasteiger partial charge in [-0.2, -0.15) is 0 Å². The van der Waals surface area contributed by atoms with Crippen LogP contribution in [0.1, 0.15) is 17.5 Å². The molecule has 1 aliphatic carbocycles. The van der Waals surface area contributed by atoms with Gasteiger partial charge in [-0.1, -0.05) is 6.07 Å². The van der Waals surface area contributed by atoms with Gasteiger partial charge >= 0.3 is 0 Å². The van der Waals surface area contributed by atoms with E-state index in [0.717, 1.165) is 44.8 Å². The molecule has 2 N–H and O–H groups in total. The molecule has 1 saturated heterocycles. The van der Waals surface area contributed by atoms with Crippen molar-refractivity contribution < 1.29 is 9.84 Å². The number of aliphatic hydroxyl groups is 1. The average molecular weight is 262 g/mol. The number of fused-ring (bicyclic) bond motifs is 1. The highest BCUT2D eigenvalue weighted by molar-refractivity contribution is 5.44. The van der Waals surface area contributed by atoms with Crippen molar-refractivity contribution in [1.82, 2.24) is 10.2 Å². The van der Waals surface area contributed by atoms with Gasteiger partial charge in [-0.25, -0.2) is 0 Å². The van der Waals surface area contributed by atoms with Crippen LogP contribution in [0.15, 0.2) is 18.2 Å². The number of nitrogens with zero attached hydrogens (tertiary/aromatic N) is 1. The zero-order valence-electron chi connectivity index (χ0n) is 11.5. The number of piperazine rings is 1. The van der Waals surface area contributed by atoms with Crippen molar-refractivity contribution in [1.29, 1.82) is 0 Å². The van der Waals surface area contributed by atoms with Gasteiger partial charge in [0.25, 0.3) is 0 Å². The molecule has 4 heteroatoms. The number of ether oxygens (including phenoxy) is 1. The second-order valence-corrected chi connectivity index (χ2v) is 5.45. The SMILES string of the molecule is COc1ccc2c(c1)C(CO)(N1CCNCC1)CC2. The molecule has 1 fully saturated rings. The fourth-order valence-electron chi connectivity index (χ4n) is 3.50. The first kappa shape index (κ1) is 12.9. The first-order valence-electron chi connectivity index (χ1n) is 7.04. The van der Waals surface area contributed by atoms with Crippen molar-refractivity contribution in [3.63, 3.8) is 0 Å². The highest BCUT2D eigenvalue weighted by Crippen LogP contribution is 2.43. The van der Waals surface area contributed by atoms with Gasteiger partial charge in [-0.15, -0.1) is 0 Å². The maximum atomic E-state index is 10.1. The molecule has 0 saturated carbocycles. The number of hydrogen-bond donors (Lipinski definition) is 2. The van der Waals surface area contributed by atoms with E-state index in [4.69, 9.17) is 4.74 Å². The molecule has 1 unspecified atom stereocenters. The lowest BCUT2D eigenvalue weighted by Gasteiger charge is -2.43. The molecule has 1 aromatic rings. The average Bonchev–Trinajstić information content (AvgIpc) is 2.87. The summed E-state index contributed by atoms with van der Waals surface area (Å²) in [6, 6.07) is 6.28. The number of nitrogens with one attached hydrogen (secondary N) is 1. The Hall–Kier alpha value is -1.10. The fourth-order valence-corrected chi connectivity index (χ4v) is 3.50. The van der Waals surface area contributed by atoms with Crippen LogP contribution in [0.3, 0.4) is 0 Å². The van der Waals surface area contributed by atoms with E-state index < -0.39 is 0 Å². The lowest BCUT2D eigenvalue weighted by atomic mass is 9.89. The zero-order valence-corrected chi connectivity index (χ0v) is 11.5. The minimum Gasteiger partial charge on any atom is -0.497 e. The van der Waals surface area contributed by atoms with Crippen LogP contribution in [-0.2, 0) is 12.0 Å². The van der Waals surface area contributed by atoms with E-state index in [1.807, 2.05) is 6.07 Å². The fraction of sp³-hybridized carbons (Fsp3) is 0.600. The lowest BCUT2D eigenvalue weighted by molar-refractivity contribution is 0.0181. The number of benzene rings is 1. The van der Waals surface area contributed by atoms with Gasteiger partial charge in [-0.05, 0) is 36.1 Å². The Balaban J connectivity index is 2.00. The molecule has 0 bridgehead atoms. The molecular weight excluding hydrogens is 240 g/mol. The molecule has 0 spiro atoms. The molecule has 1 heterocycles. The lowest BCUT2D eigenvalue weighted by Crippen LogP contribution is -2.55. The number of hydrogen-bond acceptors (Lipinski definition) is 4. The largest absolute Gasteiger partial charge is 0.497 e. The predicted molar refractivity (Wildman–Crippen MR) is 74.5 cm³/mol.